The highest BCUT2D eigenvalue weighted by Crippen LogP contribution is 2.36. The maximum Gasteiger partial charge on any atom is 0.247 e. The fourth-order valence-electron chi connectivity index (χ4n) is 3.11. The third-order valence-electron chi connectivity index (χ3n) is 4.61. The van der Waals surface area contributed by atoms with Gasteiger partial charge in [-0.05, 0) is 48.0 Å². The summed E-state index contributed by atoms with van der Waals surface area (Å²) in [6.07, 6.45) is 4.93. The van der Waals surface area contributed by atoms with E-state index in [-0.39, 0.29) is 0 Å². The lowest BCUT2D eigenvalue weighted by Gasteiger charge is -2.15. The van der Waals surface area contributed by atoms with Gasteiger partial charge in [-0.2, -0.15) is 4.98 Å². The van der Waals surface area contributed by atoms with E-state index in [2.05, 4.69) is 20.5 Å². The van der Waals surface area contributed by atoms with E-state index in [1.54, 1.807) is 6.26 Å². The number of fused-ring (bicyclic) bond motifs is 3. The standard InChI is InChI=1S/C23H17ClN4O2S/c24-16-9-7-15(8-10-16)14-31-23-26-22-21(27-28-23)18-5-1-2-6-19(18)25-20(30-22)12-11-17-4-3-13-29-17/h1-13,20,25H,14H2. The molecule has 0 saturated heterocycles. The zero-order valence-electron chi connectivity index (χ0n) is 16.2. The number of para-hydroxylation sites is 1. The molecular weight excluding hydrogens is 432 g/mol. The zero-order valence-corrected chi connectivity index (χ0v) is 17.8. The number of hydrogen-bond acceptors (Lipinski definition) is 7. The lowest BCUT2D eigenvalue weighted by Crippen LogP contribution is -2.23. The van der Waals surface area contributed by atoms with Crippen LogP contribution in [-0.4, -0.2) is 21.4 Å². The first-order chi connectivity index (χ1) is 15.2. The molecule has 0 aliphatic carbocycles. The number of thioether (sulfide) groups is 1. The van der Waals surface area contributed by atoms with Crippen molar-refractivity contribution in [2.75, 3.05) is 5.32 Å². The molecule has 1 aliphatic heterocycles. The van der Waals surface area contributed by atoms with Crippen LogP contribution >= 0.6 is 23.4 Å². The Morgan fingerprint density at radius 2 is 1.90 bits per heavy atom. The topological polar surface area (TPSA) is 73.1 Å². The molecule has 154 valence electrons. The number of anilines is 1. The van der Waals surface area contributed by atoms with Gasteiger partial charge >= 0.3 is 0 Å². The van der Waals surface area contributed by atoms with Gasteiger partial charge in [0.25, 0.3) is 0 Å². The Labute approximate surface area is 188 Å². The van der Waals surface area contributed by atoms with Gasteiger partial charge in [0.2, 0.25) is 11.0 Å². The molecule has 4 aromatic rings. The first-order valence-corrected chi connectivity index (χ1v) is 11.0. The van der Waals surface area contributed by atoms with Crippen LogP contribution in [0.15, 0.2) is 82.6 Å². The lowest BCUT2D eigenvalue weighted by atomic mass is 10.1. The number of nitrogens with one attached hydrogen (secondary N) is 1. The van der Waals surface area contributed by atoms with Gasteiger partial charge in [-0.15, -0.1) is 10.2 Å². The largest absolute Gasteiger partial charge is 0.465 e. The van der Waals surface area contributed by atoms with Gasteiger partial charge in [-0.25, -0.2) is 0 Å². The summed E-state index contributed by atoms with van der Waals surface area (Å²) >= 11 is 7.45. The number of rotatable bonds is 5. The quantitative estimate of drug-likeness (QED) is 0.380. The maximum atomic E-state index is 6.16. The van der Waals surface area contributed by atoms with Gasteiger partial charge in [0.1, 0.15) is 5.76 Å². The van der Waals surface area contributed by atoms with E-state index in [1.807, 2.05) is 72.8 Å². The van der Waals surface area contributed by atoms with E-state index in [0.29, 0.717) is 27.5 Å². The first-order valence-electron chi connectivity index (χ1n) is 9.61. The molecule has 0 bridgehead atoms. The highest BCUT2D eigenvalue weighted by molar-refractivity contribution is 7.98. The van der Waals surface area contributed by atoms with Crippen LogP contribution in [0, 0.1) is 0 Å². The van der Waals surface area contributed by atoms with E-state index in [4.69, 9.17) is 20.8 Å². The molecule has 2 aromatic carbocycles. The SMILES string of the molecule is Clc1ccc(CSc2nnc3c(n2)OC(C=Cc2ccco2)Nc2ccccc2-3)cc1. The molecule has 1 unspecified atom stereocenters. The van der Waals surface area contributed by atoms with Crippen LogP contribution < -0.4 is 10.1 Å². The predicted octanol–water partition coefficient (Wildman–Crippen LogP) is 5.92. The van der Waals surface area contributed by atoms with Crippen molar-refractivity contribution in [1.29, 1.82) is 0 Å². The summed E-state index contributed by atoms with van der Waals surface area (Å²) in [4.78, 5) is 4.64. The van der Waals surface area contributed by atoms with Crippen molar-refractivity contribution in [3.8, 4) is 17.1 Å². The second-order valence-corrected chi connectivity index (χ2v) is 8.15. The van der Waals surface area contributed by atoms with Crippen LogP contribution in [0.25, 0.3) is 17.3 Å². The molecule has 1 N–H and O–H groups in total. The molecule has 1 atom stereocenters. The molecule has 0 amide bonds. The monoisotopic (exact) mass is 448 g/mol. The second-order valence-electron chi connectivity index (χ2n) is 6.77. The molecule has 0 fully saturated rings. The highest BCUT2D eigenvalue weighted by atomic mass is 35.5. The van der Waals surface area contributed by atoms with Crippen LogP contribution in [0.5, 0.6) is 5.88 Å². The number of halogens is 1. The third-order valence-corrected chi connectivity index (χ3v) is 5.77. The van der Waals surface area contributed by atoms with E-state index in [9.17, 15) is 0 Å². The average Bonchev–Trinajstić information content (AvgIpc) is 3.26. The van der Waals surface area contributed by atoms with Crippen molar-refractivity contribution >= 4 is 35.1 Å². The average molecular weight is 449 g/mol. The molecular formula is C23H17ClN4O2S. The first kappa shape index (κ1) is 19.7. The molecule has 3 heterocycles. The number of hydrogen-bond donors (Lipinski definition) is 1. The van der Waals surface area contributed by atoms with Gasteiger partial charge in [-0.1, -0.05) is 53.7 Å². The van der Waals surface area contributed by atoms with Crippen molar-refractivity contribution in [2.45, 2.75) is 17.1 Å². The van der Waals surface area contributed by atoms with E-state index < -0.39 is 6.23 Å². The minimum atomic E-state index is -0.446. The molecule has 6 nitrogen and oxygen atoms in total. The van der Waals surface area contributed by atoms with Gasteiger partial charge in [-0.3, -0.25) is 0 Å². The number of benzene rings is 2. The van der Waals surface area contributed by atoms with Crippen LogP contribution in [-0.2, 0) is 5.75 Å². The number of ether oxygens (including phenoxy) is 1. The van der Waals surface area contributed by atoms with Gasteiger partial charge in [0.15, 0.2) is 11.9 Å². The normalized spacial score (nSPS) is 14.9. The molecule has 1 aliphatic rings. The summed E-state index contributed by atoms with van der Waals surface area (Å²) in [5.41, 5.74) is 3.52. The summed E-state index contributed by atoms with van der Waals surface area (Å²) in [6, 6.07) is 19.3. The summed E-state index contributed by atoms with van der Waals surface area (Å²) in [5.74, 6) is 1.87. The fourth-order valence-corrected chi connectivity index (χ4v) is 3.97. The Morgan fingerprint density at radius 3 is 2.74 bits per heavy atom. The predicted molar refractivity (Wildman–Crippen MR) is 122 cm³/mol. The molecule has 0 spiro atoms. The Balaban J connectivity index is 1.43. The maximum absolute atomic E-state index is 6.16. The van der Waals surface area contributed by atoms with Gasteiger partial charge < -0.3 is 14.5 Å². The third kappa shape index (κ3) is 4.57. The number of aromatic nitrogens is 3. The van der Waals surface area contributed by atoms with Crippen LogP contribution in [0.4, 0.5) is 5.69 Å². The minimum absolute atomic E-state index is 0.431. The smallest absolute Gasteiger partial charge is 0.247 e. The second kappa shape index (κ2) is 8.83. The lowest BCUT2D eigenvalue weighted by molar-refractivity contribution is 0.266. The zero-order chi connectivity index (χ0) is 21.0. The van der Waals surface area contributed by atoms with Crippen LogP contribution in [0.3, 0.4) is 0 Å². The van der Waals surface area contributed by atoms with Crippen molar-refractivity contribution in [1.82, 2.24) is 15.2 Å². The summed E-state index contributed by atoms with van der Waals surface area (Å²) in [6.45, 7) is 0. The van der Waals surface area contributed by atoms with Gasteiger partial charge in [0, 0.05) is 22.0 Å². The minimum Gasteiger partial charge on any atom is -0.465 e. The van der Waals surface area contributed by atoms with Crippen molar-refractivity contribution in [3.05, 3.63) is 89.3 Å². The van der Waals surface area contributed by atoms with E-state index in [0.717, 1.165) is 22.6 Å². The Kier molecular flexibility index (Phi) is 5.60. The van der Waals surface area contributed by atoms with E-state index in [1.165, 1.54) is 11.8 Å². The molecule has 2 aromatic heterocycles. The summed E-state index contributed by atoms with van der Waals surface area (Å²) in [7, 11) is 0. The van der Waals surface area contributed by atoms with Crippen molar-refractivity contribution in [2.24, 2.45) is 0 Å². The summed E-state index contributed by atoms with van der Waals surface area (Å²) in [5, 5.41) is 13.4. The Bertz CT molecular complexity index is 1210. The molecule has 0 radical (unpaired) electrons. The molecule has 5 rings (SSSR count). The number of furan rings is 1. The summed E-state index contributed by atoms with van der Waals surface area (Å²) < 4.78 is 11.5. The van der Waals surface area contributed by atoms with E-state index >= 15 is 0 Å². The van der Waals surface area contributed by atoms with Gasteiger partial charge in [0.05, 0.1) is 6.26 Å². The Hall–Kier alpha value is -3.29. The van der Waals surface area contributed by atoms with Crippen molar-refractivity contribution in [3.63, 3.8) is 0 Å². The fraction of sp³-hybridized carbons (Fsp3) is 0.0870. The molecule has 8 heteroatoms. The molecule has 0 saturated carbocycles. The Morgan fingerprint density at radius 1 is 1.03 bits per heavy atom. The molecule has 31 heavy (non-hydrogen) atoms. The van der Waals surface area contributed by atoms with Crippen LogP contribution in [0.1, 0.15) is 11.3 Å². The number of nitrogens with zero attached hydrogens (tertiary/aromatic N) is 3. The van der Waals surface area contributed by atoms with Crippen molar-refractivity contribution < 1.29 is 9.15 Å². The van der Waals surface area contributed by atoms with Crippen LogP contribution in [0.2, 0.25) is 5.02 Å². The highest BCUT2D eigenvalue weighted by Gasteiger charge is 2.23.